The molecular weight excluding hydrogens is 244 g/mol. The van der Waals surface area contributed by atoms with Crippen molar-refractivity contribution in [1.82, 2.24) is 0 Å². The molecule has 0 amide bonds. The number of esters is 1. The van der Waals surface area contributed by atoms with Crippen LogP contribution in [0.2, 0.25) is 0 Å². The molecular formula is C15H16O4. The number of hydrogen-bond acceptors (Lipinski definition) is 4. The first-order valence-electron chi connectivity index (χ1n) is 6.70. The van der Waals surface area contributed by atoms with Crippen LogP contribution in [0.3, 0.4) is 0 Å². The maximum atomic E-state index is 11.2. The average molecular weight is 260 g/mol. The third-order valence-corrected chi connectivity index (χ3v) is 4.99. The summed E-state index contributed by atoms with van der Waals surface area (Å²) in [6.07, 6.45) is 1.34. The van der Waals surface area contributed by atoms with E-state index >= 15 is 0 Å². The predicted octanol–water partition coefficient (Wildman–Crippen LogP) is 1.15. The van der Waals surface area contributed by atoms with Gasteiger partial charge in [0.2, 0.25) is 0 Å². The molecule has 0 aromatic heterocycles. The number of rotatable bonds is 1. The Morgan fingerprint density at radius 3 is 2.95 bits per heavy atom. The van der Waals surface area contributed by atoms with Crippen LogP contribution in [-0.2, 0) is 26.3 Å². The fourth-order valence-electron chi connectivity index (χ4n) is 4.13. The van der Waals surface area contributed by atoms with Gasteiger partial charge >= 0.3 is 5.97 Å². The Kier molecular flexibility index (Phi) is 2.03. The second kappa shape index (κ2) is 3.38. The predicted molar refractivity (Wildman–Crippen MR) is 66.4 cm³/mol. The Labute approximate surface area is 111 Å². The molecule has 1 spiro atoms. The lowest BCUT2D eigenvalue weighted by atomic mass is 9.49. The van der Waals surface area contributed by atoms with Crippen LogP contribution < -0.4 is 0 Å². The van der Waals surface area contributed by atoms with E-state index in [1.807, 2.05) is 18.2 Å². The number of benzene rings is 1. The van der Waals surface area contributed by atoms with Gasteiger partial charge in [0, 0.05) is 12.8 Å². The molecule has 1 aromatic rings. The van der Waals surface area contributed by atoms with Crippen molar-refractivity contribution in [2.45, 2.75) is 37.1 Å². The van der Waals surface area contributed by atoms with Crippen LogP contribution in [0.25, 0.3) is 0 Å². The van der Waals surface area contributed by atoms with Crippen molar-refractivity contribution in [1.29, 1.82) is 0 Å². The Balaban J connectivity index is 1.78. The van der Waals surface area contributed by atoms with Gasteiger partial charge in [0.05, 0.1) is 6.61 Å². The van der Waals surface area contributed by atoms with Crippen molar-refractivity contribution in [3.05, 3.63) is 35.4 Å². The molecule has 2 aliphatic carbocycles. The summed E-state index contributed by atoms with van der Waals surface area (Å²) in [7, 11) is 0. The second-order valence-electron chi connectivity index (χ2n) is 5.83. The molecule has 1 aromatic carbocycles. The van der Waals surface area contributed by atoms with Gasteiger partial charge < -0.3 is 14.6 Å². The van der Waals surface area contributed by atoms with Crippen LogP contribution >= 0.6 is 0 Å². The van der Waals surface area contributed by atoms with Crippen molar-refractivity contribution in [2.75, 3.05) is 6.61 Å². The number of fused-ring (bicyclic) bond motifs is 2. The maximum absolute atomic E-state index is 11.2. The number of carbonyl (C=O) groups is 1. The lowest BCUT2D eigenvalue weighted by molar-refractivity contribution is -0.405. The summed E-state index contributed by atoms with van der Waals surface area (Å²) in [6, 6.07) is 7.95. The Bertz CT molecular complexity index is 569. The molecule has 1 aliphatic heterocycles. The monoisotopic (exact) mass is 260 g/mol. The molecule has 100 valence electrons. The van der Waals surface area contributed by atoms with Gasteiger partial charge in [0.25, 0.3) is 0 Å². The van der Waals surface area contributed by atoms with E-state index in [1.54, 1.807) is 0 Å². The largest absolute Gasteiger partial charge is 0.459 e. The summed E-state index contributed by atoms with van der Waals surface area (Å²) in [6.45, 7) is 1.69. The van der Waals surface area contributed by atoms with Gasteiger partial charge in [-0.15, -0.1) is 0 Å². The fourth-order valence-corrected chi connectivity index (χ4v) is 4.13. The summed E-state index contributed by atoms with van der Waals surface area (Å²) >= 11 is 0. The van der Waals surface area contributed by atoms with Gasteiger partial charge in [-0.05, 0) is 24.0 Å². The zero-order chi connectivity index (χ0) is 13.3. The van der Waals surface area contributed by atoms with Gasteiger partial charge in [-0.2, -0.15) is 0 Å². The third kappa shape index (κ3) is 1.15. The van der Waals surface area contributed by atoms with E-state index in [0.29, 0.717) is 0 Å². The highest BCUT2D eigenvalue weighted by molar-refractivity contribution is 5.66. The minimum absolute atomic E-state index is 0.241. The molecule has 4 heteroatoms. The highest BCUT2D eigenvalue weighted by Crippen LogP contribution is 2.64. The fraction of sp³-hybridized carbons (Fsp3) is 0.533. The molecule has 4 rings (SSSR count). The molecule has 1 saturated carbocycles. The van der Waals surface area contributed by atoms with Crippen LogP contribution in [0.5, 0.6) is 0 Å². The lowest BCUT2D eigenvalue weighted by Crippen LogP contribution is -2.82. The molecule has 19 heavy (non-hydrogen) atoms. The highest BCUT2D eigenvalue weighted by Gasteiger charge is 2.77. The van der Waals surface area contributed by atoms with Gasteiger partial charge in [0.15, 0.2) is 0 Å². The van der Waals surface area contributed by atoms with Crippen molar-refractivity contribution in [3.63, 3.8) is 0 Å². The van der Waals surface area contributed by atoms with Crippen molar-refractivity contribution < 1.29 is 19.4 Å². The first kappa shape index (κ1) is 11.4. The normalized spacial score (nSPS) is 42.0. The zero-order valence-corrected chi connectivity index (χ0v) is 10.8. The number of aliphatic hydroxyl groups is 1. The van der Waals surface area contributed by atoms with Crippen LogP contribution in [0.4, 0.5) is 0 Å². The molecule has 4 nitrogen and oxygen atoms in total. The van der Waals surface area contributed by atoms with Crippen molar-refractivity contribution in [3.8, 4) is 0 Å². The molecule has 0 unspecified atom stereocenters. The molecule has 4 atom stereocenters. The summed E-state index contributed by atoms with van der Waals surface area (Å²) in [5.74, 6) is -0.0694. The first-order chi connectivity index (χ1) is 9.08. The number of ether oxygens (including phenoxy) is 2. The van der Waals surface area contributed by atoms with E-state index in [2.05, 4.69) is 6.07 Å². The Hall–Kier alpha value is -1.39. The van der Waals surface area contributed by atoms with Crippen molar-refractivity contribution in [2.24, 2.45) is 5.92 Å². The van der Waals surface area contributed by atoms with Crippen LogP contribution in [0.1, 0.15) is 24.5 Å². The topological polar surface area (TPSA) is 55.8 Å². The number of carbonyl (C=O) groups excluding carboxylic acids is 1. The van der Waals surface area contributed by atoms with E-state index in [9.17, 15) is 9.90 Å². The second-order valence-corrected chi connectivity index (χ2v) is 5.83. The molecule has 2 fully saturated rings. The zero-order valence-electron chi connectivity index (χ0n) is 10.8. The summed E-state index contributed by atoms with van der Waals surface area (Å²) in [5.41, 5.74) is 0.433. The molecule has 3 aliphatic rings. The lowest BCUT2D eigenvalue weighted by Gasteiger charge is -2.69. The van der Waals surface area contributed by atoms with Crippen LogP contribution in [-0.4, -0.2) is 29.4 Å². The summed E-state index contributed by atoms with van der Waals surface area (Å²) in [5, 5.41) is 11.0. The van der Waals surface area contributed by atoms with E-state index in [1.165, 1.54) is 12.5 Å². The molecule has 1 saturated heterocycles. The van der Waals surface area contributed by atoms with E-state index in [0.717, 1.165) is 18.4 Å². The van der Waals surface area contributed by atoms with Crippen molar-refractivity contribution >= 4 is 5.97 Å². The quantitative estimate of drug-likeness (QED) is 0.770. The Morgan fingerprint density at radius 2 is 2.26 bits per heavy atom. The Morgan fingerprint density at radius 1 is 1.47 bits per heavy atom. The molecule has 0 radical (unpaired) electrons. The van der Waals surface area contributed by atoms with Gasteiger partial charge in [-0.3, -0.25) is 4.79 Å². The SMILES string of the molecule is CC(=O)O[C@H]1C[C@H]2Cc3ccccc3[C@]3(O)CO[C@@]213. The standard InChI is InChI=1S/C15H16O4/c1-9(16)19-13-7-11-6-10-4-2-3-5-12(10)14(17)8-18-15(11,13)14/h2-5,11,13,17H,6-8H2,1H3/t11-,13+,14-,15+/m1/s1. The molecule has 1 heterocycles. The van der Waals surface area contributed by atoms with Gasteiger partial charge in [-0.25, -0.2) is 0 Å². The third-order valence-electron chi connectivity index (χ3n) is 4.99. The maximum Gasteiger partial charge on any atom is 0.303 e. The average Bonchev–Trinajstić information content (AvgIpc) is 2.34. The molecule has 1 N–H and O–H groups in total. The van der Waals surface area contributed by atoms with E-state index < -0.39 is 11.2 Å². The van der Waals surface area contributed by atoms with Gasteiger partial charge in [0.1, 0.15) is 17.3 Å². The number of hydrogen-bond donors (Lipinski definition) is 1. The van der Waals surface area contributed by atoms with E-state index in [-0.39, 0.29) is 24.6 Å². The van der Waals surface area contributed by atoms with Crippen LogP contribution in [0.15, 0.2) is 24.3 Å². The highest BCUT2D eigenvalue weighted by atomic mass is 16.6. The minimum atomic E-state index is -0.995. The van der Waals surface area contributed by atoms with E-state index in [4.69, 9.17) is 9.47 Å². The van der Waals surface area contributed by atoms with Crippen LogP contribution in [0, 0.1) is 5.92 Å². The summed E-state index contributed by atoms with van der Waals surface area (Å²) in [4.78, 5) is 11.2. The minimum Gasteiger partial charge on any atom is -0.459 e. The first-order valence-corrected chi connectivity index (χ1v) is 6.70. The smallest absolute Gasteiger partial charge is 0.303 e. The van der Waals surface area contributed by atoms with Gasteiger partial charge in [-0.1, -0.05) is 24.3 Å². The summed E-state index contributed by atoms with van der Waals surface area (Å²) < 4.78 is 11.1. The molecule has 0 bridgehead atoms.